The Morgan fingerprint density at radius 2 is 1.62 bits per heavy atom. The molecule has 0 bridgehead atoms. The lowest BCUT2D eigenvalue weighted by molar-refractivity contribution is -0.114. The number of ether oxygens (including phenoxy) is 2. The van der Waals surface area contributed by atoms with E-state index < -0.39 is 0 Å². The molecule has 2 aliphatic heterocycles. The number of nitrogens with zero attached hydrogens (tertiary/aromatic N) is 2. The lowest BCUT2D eigenvalue weighted by Crippen LogP contribution is -2.49. The molecule has 0 saturated carbocycles. The molecule has 0 aliphatic carbocycles. The second-order valence-corrected chi connectivity index (χ2v) is 7.53. The fourth-order valence-corrected chi connectivity index (χ4v) is 3.75. The van der Waals surface area contributed by atoms with Gasteiger partial charge in [-0.05, 0) is 54.2 Å². The summed E-state index contributed by atoms with van der Waals surface area (Å²) in [6.07, 6.45) is 0. The van der Waals surface area contributed by atoms with Crippen LogP contribution in [-0.4, -0.2) is 53.8 Å². The number of piperazine rings is 1. The number of benzene rings is 2. The first-order valence-electron chi connectivity index (χ1n) is 9.61. The van der Waals surface area contributed by atoms with Gasteiger partial charge >= 0.3 is 0 Å². The van der Waals surface area contributed by atoms with E-state index in [-0.39, 0.29) is 5.91 Å². The highest BCUT2D eigenvalue weighted by Gasteiger charge is 2.20. The SMILES string of the molecule is CC(=O)Nc1ccc(NC(=S)N2CCN(Cc3ccc4c(c3)OCO4)CC2)cc1. The van der Waals surface area contributed by atoms with Crippen LogP contribution in [0.4, 0.5) is 11.4 Å². The zero-order chi connectivity index (χ0) is 20.2. The third kappa shape index (κ3) is 4.96. The van der Waals surface area contributed by atoms with Gasteiger partial charge in [0.25, 0.3) is 0 Å². The number of fused-ring (bicyclic) bond motifs is 1. The van der Waals surface area contributed by atoms with E-state index in [0.29, 0.717) is 6.79 Å². The Balaban J connectivity index is 1.25. The summed E-state index contributed by atoms with van der Waals surface area (Å²) in [5.74, 6) is 1.57. The Labute approximate surface area is 175 Å². The van der Waals surface area contributed by atoms with Gasteiger partial charge in [0.05, 0.1) is 0 Å². The summed E-state index contributed by atoms with van der Waals surface area (Å²) in [4.78, 5) is 15.7. The van der Waals surface area contributed by atoms with Crippen molar-refractivity contribution in [3.05, 3.63) is 48.0 Å². The summed E-state index contributed by atoms with van der Waals surface area (Å²) < 4.78 is 10.8. The minimum absolute atomic E-state index is 0.0835. The fraction of sp³-hybridized carbons (Fsp3) is 0.333. The minimum Gasteiger partial charge on any atom is -0.454 e. The van der Waals surface area contributed by atoms with Gasteiger partial charge in [-0.25, -0.2) is 0 Å². The van der Waals surface area contributed by atoms with Crippen molar-refractivity contribution in [2.75, 3.05) is 43.6 Å². The summed E-state index contributed by atoms with van der Waals surface area (Å²) in [6.45, 7) is 6.32. The highest BCUT2D eigenvalue weighted by molar-refractivity contribution is 7.80. The third-order valence-electron chi connectivity index (χ3n) is 4.96. The molecule has 2 aliphatic rings. The van der Waals surface area contributed by atoms with E-state index in [2.05, 4.69) is 32.6 Å². The van der Waals surface area contributed by atoms with Crippen molar-refractivity contribution in [1.29, 1.82) is 0 Å². The van der Waals surface area contributed by atoms with E-state index in [9.17, 15) is 4.79 Å². The van der Waals surface area contributed by atoms with Gasteiger partial charge in [-0.15, -0.1) is 0 Å². The first-order chi connectivity index (χ1) is 14.1. The molecule has 2 aromatic rings. The summed E-state index contributed by atoms with van der Waals surface area (Å²) in [5, 5.41) is 6.76. The lowest BCUT2D eigenvalue weighted by atomic mass is 10.1. The number of hydrogen-bond acceptors (Lipinski definition) is 5. The molecule has 0 spiro atoms. The first kappa shape index (κ1) is 19.5. The van der Waals surface area contributed by atoms with Gasteiger partial charge in [-0.1, -0.05) is 6.07 Å². The topological polar surface area (TPSA) is 66.1 Å². The summed E-state index contributed by atoms with van der Waals surface area (Å²) in [5.41, 5.74) is 2.90. The molecule has 7 nitrogen and oxygen atoms in total. The average Bonchev–Trinajstić information content (AvgIpc) is 3.17. The van der Waals surface area contributed by atoms with Crippen LogP contribution >= 0.6 is 12.2 Å². The molecule has 152 valence electrons. The van der Waals surface area contributed by atoms with E-state index in [4.69, 9.17) is 21.7 Å². The van der Waals surface area contributed by atoms with E-state index >= 15 is 0 Å². The predicted molar refractivity (Wildman–Crippen MR) is 116 cm³/mol. The zero-order valence-electron chi connectivity index (χ0n) is 16.3. The van der Waals surface area contributed by atoms with Crippen LogP contribution < -0.4 is 20.1 Å². The van der Waals surface area contributed by atoms with E-state index in [1.54, 1.807) is 0 Å². The van der Waals surface area contributed by atoms with Crippen LogP contribution in [0.5, 0.6) is 11.5 Å². The van der Waals surface area contributed by atoms with Crippen molar-refractivity contribution in [2.45, 2.75) is 13.5 Å². The molecule has 0 aromatic heterocycles. The van der Waals surface area contributed by atoms with Crippen molar-refractivity contribution in [2.24, 2.45) is 0 Å². The molecule has 0 unspecified atom stereocenters. The second-order valence-electron chi connectivity index (χ2n) is 7.14. The number of amides is 1. The van der Waals surface area contributed by atoms with Gasteiger partial charge in [0, 0.05) is 51.0 Å². The average molecular weight is 413 g/mol. The molecule has 1 amide bonds. The Bertz CT molecular complexity index is 895. The molecule has 8 heteroatoms. The molecule has 29 heavy (non-hydrogen) atoms. The fourth-order valence-electron chi connectivity index (χ4n) is 3.45. The maximum Gasteiger partial charge on any atom is 0.231 e. The van der Waals surface area contributed by atoms with Gasteiger partial charge in [0.15, 0.2) is 16.6 Å². The summed E-state index contributed by atoms with van der Waals surface area (Å²) >= 11 is 5.58. The van der Waals surface area contributed by atoms with E-state index in [1.165, 1.54) is 12.5 Å². The maximum atomic E-state index is 11.1. The Kier molecular flexibility index (Phi) is 5.82. The van der Waals surface area contributed by atoms with Gasteiger partial charge in [-0.3, -0.25) is 9.69 Å². The highest BCUT2D eigenvalue weighted by Crippen LogP contribution is 2.32. The number of thiocarbonyl (C=S) groups is 1. The summed E-state index contributed by atoms with van der Waals surface area (Å²) in [7, 11) is 0. The highest BCUT2D eigenvalue weighted by atomic mass is 32.1. The lowest BCUT2D eigenvalue weighted by Gasteiger charge is -2.36. The Hall–Kier alpha value is -2.84. The van der Waals surface area contributed by atoms with Gasteiger partial charge in [0.1, 0.15) is 0 Å². The quantitative estimate of drug-likeness (QED) is 0.749. The molecule has 2 aromatic carbocycles. The van der Waals surface area contributed by atoms with Crippen LogP contribution in [0, 0.1) is 0 Å². The van der Waals surface area contributed by atoms with Crippen LogP contribution in [0.1, 0.15) is 12.5 Å². The summed E-state index contributed by atoms with van der Waals surface area (Å²) in [6, 6.07) is 13.7. The molecule has 0 atom stereocenters. The van der Waals surface area contributed by atoms with Crippen molar-refractivity contribution in [3.8, 4) is 11.5 Å². The van der Waals surface area contributed by atoms with Gasteiger partial charge < -0.3 is 25.0 Å². The standard InChI is InChI=1S/C21H24N4O3S/c1-15(26)22-17-3-5-18(6-4-17)23-21(29)25-10-8-24(9-11-25)13-16-2-7-19-20(12-16)28-14-27-19/h2-7,12H,8-11,13-14H2,1H3,(H,22,26)(H,23,29). The van der Waals surface area contributed by atoms with Gasteiger partial charge in [-0.2, -0.15) is 0 Å². The number of anilines is 2. The van der Waals surface area contributed by atoms with Crippen LogP contribution in [-0.2, 0) is 11.3 Å². The van der Waals surface area contributed by atoms with Crippen molar-refractivity contribution < 1.29 is 14.3 Å². The van der Waals surface area contributed by atoms with Crippen molar-refractivity contribution in [1.82, 2.24) is 9.80 Å². The predicted octanol–water partition coefficient (Wildman–Crippen LogP) is 2.89. The molecule has 2 heterocycles. The Morgan fingerprint density at radius 3 is 2.31 bits per heavy atom. The largest absolute Gasteiger partial charge is 0.454 e. The molecular formula is C21H24N4O3S. The van der Waals surface area contributed by atoms with Crippen LogP contribution in [0.15, 0.2) is 42.5 Å². The molecular weight excluding hydrogens is 388 g/mol. The molecule has 4 rings (SSSR count). The van der Waals surface area contributed by atoms with Crippen LogP contribution in [0.2, 0.25) is 0 Å². The van der Waals surface area contributed by atoms with Crippen molar-refractivity contribution in [3.63, 3.8) is 0 Å². The maximum absolute atomic E-state index is 11.1. The molecule has 1 saturated heterocycles. The minimum atomic E-state index is -0.0835. The number of nitrogens with one attached hydrogen (secondary N) is 2. The zero-order valence-corrected chi connectivity index (χ0v) is 17.1. The Morgan fingerprint density at radius 1 is 0.966 bits per heavy atom. The van der Waals surface area contributed by atoms with E-state index in [1.807, 2.05) is 30.3 Å². The number of carbonyl (C=O) groups excluding carboxylic acids is 1. The number of hydrogen-bond donors (Lipinski definition) is 2. The van der Waals surface area contributed by atoms with Crippen molar-refractivity contribution >= 4 is 34.6 Å². The number of carbonyl (C=O) groups is 1. The third-order valence-corrected chi connectivity index (χ3v) is 5.32. The molecule has 0 radical (unpaired) electrons. The normalized spacial score (nSPS) is 15.8. The van der Waals surface area contributed by atoms with Crippen LogP contribution in [0.3, 0.4) is 0 Å². The molecule has 1 fully saturated rings. The first-order valence-corrected chi connectivity index (χ1v) is 10.0. The molecule has 2 N–H and O–H groups in total. The second kappa shape index (κ2) is 8.67. The van der Waals surface area contributed by atoms with Crippen LogP contribution in [0.25, 0.3) is 0 Å². The van der Waals surface area contributed by atoms with E-state index in [0.717, 1.165) is 60.7 Å². The number of rotatable bonds is 4. The van der Waals surface area contributed by atoms with Gasteiger partial charge in [0.2, 0.25) is 12.7 Å². The smallest absolute Gasteiger partial charge is 0.231 e. The monoisotopic (exact) mass is 412 g/mol.